The minimum atomic E-state index is -0.112. The molecule has 0 heterocycles. The predicted octanol–water partition coefficient (Wildman–Crippen LogP) is 6.09. The maximum absolute atomic E-state index is 12.2. The van der Waals surface area contributed by atoms with E-state index in [1.54, 1.807) is 0 Å². The summed E-state index contributed by atoms with van der Waals surface area (Å²) in [5.41, 5.74) is 4.64. The third-order valence-corrected chi connectivity index (χ3v) is 5.16. The van der Waals surface area contributed by atoms with Gasteiger partial charge in [0.2, 0.25) is 5.91 Å². The van der Waals surface area contributed by atoms with Crippen molar-refractivity contribution in [3.05, 3.63) is 59.2 Å². The fourth-order valence-electron chi connectivity index (χ4n) is 3.15. The highest BCUT2D eigenvalue weighted by molar-refractivity contribution is 7.80. The van der Waals surface area contributed by atoms with Crippen molar-refractivity contribution >= 4 is 28.9 Å². The number of rotatable bonds is 7. The molecule has 0 radical (unpaired) electrons. The summed E-state index contributed by atoms with van der Waals surface area (Å²) in [5.74, 6) is 1.07. The van der Waals surface area contributed by atoms with E-state index in [1.165, 1.54) is 11.1 Å². The van der Waals surface area contributed by atoms with Crippen molar-refractivity contribution in [1.82, 2.24) is 5.32 Å². The Morgan fingerprint density at radius 1 is 1.10 bits per heavy atom. The molecule has 0 unspecified atom stereocenters. The van der Waals surface area contributed by atoms with Gasteiger partial charge in [0.15, 0.2) is 5.11 Å². The fraction of sp³-hybridized carbons (Fsp3) is 0.440. The molecule has 30 heavy (non-hydrogen) atoms. The number of thiocarbonyl (C=S) groups is 1. The summed E-state index contributed by atoms with van der Waals surface area (Å²) in [6.45, 7) is 13.3. The van der Waals surface area contributed by atoms with Crippen molar-refractivity contribution in [3.8, 4) is 5.75 Å². The normalized spacial score (nSPS) is 11.3. The van der Waals surface area contributed by atoms with E-state index < -0.39 is 0 Å². The number of hydrogen-bond donors (Lipinski definition) is 2. The van der Waals surface area contributed by atoms with Crippen LogP contribution in [0.15, 0.2) is 42.5 Å². The fourth-order valence-corrected chi connectivity index (χ4v) is 3.37. The molecule has 0 fully saturated rings. The maximum Gasteiger partial charge on any atom is 0.226 e. The second-order valence-corrected chi connectivity index (χ2v) is 9.33. The lowest BCUT2D eigenvalue weighted by Gasteiger charge is -2.19. The highest BCUT2D eigenvalue weighted by atomic mass is 32.1. The number of carbonyl (C=O) groups excluding carboxylic acids is 1. The Bertz CT molecular complexity index is 868. The quantitative estimate of drug-likeness (QED) is 0.416. The van der Waals surface area contributed by atoms with Gasteiger partial charge in [0.1, 0.15) is 5.75 Å². The second kappa shape index (κ2) is 10.6. The molecule has 162 valence electrons. The van der Waals surface area contributed by atoms with Crippen molar-refractivity contribution < 1.29 is 9.53 Å². The Morgan fingerprint density at radius 2 is 1.77 bits per heavy atom. The van der Waals surface area contributed by atoms with Gasteiger partial charge in [-0.3, -0.25) is 4.79 Å². The van der Waals surface area contributed by atoms with E-state index in [0.717, 1.165) is 17.0 Å². The highest BCUT2D eigenvalue weighted by Crippen LogP contribution is 2.27. The molecule has 0 atom stereocenters. The summed E-state index contributed by atoms with van der Waals surface area (Å²) >= 11 is 5.34. The van der Waals surface area contributed by atoms with E-state index in [2.05, 4.69) is 63.5 Å². The van der Waals surface area contributed by atoms with Gasteiger partial charge in [0.25, 0.3) is 0 Å². The zero-order valence-corrected chi connectivity index (χ0v) is 19.8. The van der Waals surface area contributed by atoms with Gasteiger partial charge >= 0.3 is 0 Å². The molecular weight excluding hydrogens is 392 g/mol. The van der Waals surface area contributed by atoms with Gasteiger partial charge in [-0.1, -0.05) is 65.0 Å². The minimum Gasteiger partial charge on any atom is -0.494 e. The van der Waals surface area contributed by atoms with Gasteiger partial charge in [-0.05, 0) is 65.7 Å². The first-order valence-electron chi connectivity index (χ1n) is 10.5. The van der Waals surface area contributed by atoms with E-state index in [4.69, 9.17) is 17.0 Å². The van der Waals surface area contributed by atoms with Crippen LogP contribution >= 0.6 is 12.2 Å². The lowest BCUT2D eigenvalue weighted by atomic mass is 9.87. The second-order valence-electron chi connectivity index (χ2n) is 8.92. The lowest BCUT2D eigenvalue weighted by Crippen LogP contribution is -2.34. The molecule has 4 nitrogen and oxygen atoms in total. The third kappa shape index (κ3) is 7.13. The SMILES string of the molecule is Cc1cccc(C(C)C)c1NC(=S)NC(=O)CCCOc1ccc(C(C)(C)C)cc1. The first-order chi connectivity index (χ1) is 14.1. The van der Waals surface area contributed by atoms with Gasteiger partial charge in [-0.15, -0.1) is 0 Å². The van der Waals surface area contributed by atoms with Gasteiger partial charge in [-0.25, -0.2) is 0 Å². The smallest absolute Gasteiger partial charge is 0.226 e. The van der Waals surface area contributed by atoms with Crippen LogP contribution in [0.2, 0.25) is 0 Å². The number of ether oxygens (including phenoxy) is 1. The molecule has 5 heteroatoms. The maximum atomic E-state index is 12.2. The van der Waals surface area contributed by atoms with Crippen LogP contribution in [-0.2, 0) is 10.2 Å². The van der Waals surface area contributed by atoms with Crippen molar-refractivity contribution in [1.29, 1.82) is 0 Å². The Balaban J connectivity index is 1.77. The first kappa shape index (κ1) is 23.9. The van der Waals surface area contributed by atoms with Gasteiger partial charge in [0, 0.05) is 12.1 Å². The Kier molecular flexibility index (Phi) is 8.42. The van der Waals surface area contributed by atoms with Crippen LogP contribution in [0.1, 0.15) is 70.1 Å². The summed E-state index contributed by atoms with van der Waals surface area (Å²) in [5, 5.41) is 6.29. The van der Waals surface area contributed by atoms with E-state index in [1.807, 2.05) is 31.2 Å². The molecule has 0 bridgehead atoms. The van der Waals surface area contributed by atoms with Crippen LogP contribution in [0.4, 0.5) is 5.69 Å². The standard InChI is InChI=1S/C25H34N2O2S/c1-17(2)21-10-7-9-18(3)23(21)27-24(30)26-22(28)11-8-16-29-20-14-12-19(13-15-20)25(4,5)6/h7,9-10,12-15,17H,8,11,16H2,1-6H3,(H2,26,27,28,30). The molecular formula is C25H34N2O2S. The molecule has 2 N–H and O–H groups in total. The van der Waals surface area contributed by atoms with Crippen molar-refractivity contribution in [2.45, 2.75) is 65.7 Å². The van der Waals surface area contributed by atoms with Crippen LogP contribution in [0.25, 0.3) is 0 Å². The molecule has 0 saturated heterocycles. The lowest BCUT2D eigenvalue weighted by molar-refractivity contribution is -0.119. The summed E-state index contributed by atoms with van der Waals surface area (Å²) < 4.78 is 5.75. The molecule has 1 amide bonds. The zero-order chi connectivity index (χ0) is 22.3. The van der Waals surface area contributed by atoms with Gasteiger partial charge in [0.05, 0.1) is 6.61 Å². The number of benzene rings is 2. The number of amides is 1. The summed E-state index contributed by atoms with van der Waals surface area (Å²) in [7, 11) is 0. The molecule has 0 aromatic heterocycles. The summed E-state index contributed by atoms with van der Waals surface area (Å²) in [4.78, 5) is 12.2. The van der Waals surface area contributed by atoms with Crippen LogP contribution < -0.4 is 15.4 Å². The van der Waals surface area contributed by atoms with E-state index in [9.17, 15) is 4.79 Å². The monoisotopic (exact) mass is 426 g/mol. The summed E-state index contributed by atoms with van der Waals surface area (Å²) in [6, 6.07) is 14.3. The number of carbonyl (C=O) groups is 1. The number of para-hydroxylation sites is 1. The minimum absolute atomic E-state index is 0.112. The molecule has 0 saturated carbocycles. The molecule has 0 spiro atoms. The average molecular weight is 427 g/mol. The van der Waals surface area contributed by atoms with Gasteiger partial charge in [-0.2, -0.15) is 0 Å². The third-order valence-electron chi connectivity index (χ3n) is 4.96. The molecule has 2 rings (SSSR count). The number of aryl methyl sites for hydroxylation is 1. The number of anilines is 1. The van der Waals surface area contributed by atoms with Crippen LogP contribution in [0, 0.1) is 6.92 Å². The van der Waals surface area contributed by atoms with E-state index >= 15 is 0 Å². The van der Waals surface area contributed by atoms with E-state index in [-0.39, 0.29) is 11.3 Å². The Hall–Kier alpha value is -2.40. The highest BCUT2D eigenvalue weighted by Gasteiger charge is 2.13. The van der Waals surface area contributed by atoms with Crippen LogP contribution in [-0.4, -0.2) is 17.6 Å². The van der Waals surface area contributed by atoms with Crippen molar-refractivity contribution in [2.75, 3.05) is 11.9 Å². The molecule has 2 aromatic carbocycles. The number of nitrogens with one attached hydrogen (secondary N) is 2. The molecule has 0 aliphatic carbocycles. The molecule has 0 aliphatic heterocycles. The largest absolute Gasteiger partial charge is 0.494 e. The van der Waals surface area contributed by atoms with Crippen molar-refractivity contribution in [3.63, 3.8) is 0 Å². The predicted molar refractivity (Wildman–Crippen MR) is 130 cm³/mol. The molecule has 0 aliphatic rings. The van der Waals surface area contributed by atoms with Gasteiger partial charge < -0.3 is 15.4 Å². The topological polar surface area (TPSA) is 50.4 Å². The zero-order valence-electron chi connectivity index (χ0n) is 19.0. The Labute approximate surface area is 186 Å². The Morgan fingerprint density at radius 3 is 2.37 bits per heavy atom. The van der Waals surface area contributed by atoms with Crippen LogP contribution in [0.5, 0.6) is 5.75 Å². The molecule has 2 aromatic rings. The van der Waals surface area contributed by atoms with Crippen LogP contribution in [0.3, 0.4) is 0 Å². The first-order valence-corrected chi connectivity index (χ1v) is 10.9. The summed E-state index contributed by atoms with van der Waals surface area (Å²) in [6.07, 6.45) is 0.976. The number of hydrogen-bond acceptors (Lipinski definition) is 3. The van der Waals surface area contributed by atoms with Crippen molar-refractivity contribution in [2.24, 2.45) is 0 Å². The van der Waals surface area contributed by atoms with E-state index in [0.29, 0.717) is 30.5 Å². The average Bonchev–Trinajstić information content (AvgIpc) is 2.66.